The van der Waals surface area contributed by atoms with Crippen LogP contribution in [0.25, 0.3) is 0 Å². The fourth-order valence-electron chi connectivity index (χ4n) is 3.94. The Labute approximate surface area is 186 Å². The summed E-state index contributed by atoms with van der Waals surface area (Å²) in [5.74, 6) is 1.70. The molecule has 2 saturated heterocycles. The minimum absolute atomic E-state index is 0. The molecule has 2 unspecified atom stereocenters. The van der Waals surface area contributed by atoms with Gasteiger partial charge in [-0.05, 0) is 5.92 Å². The lowest BCUT2D eigenvalue weighted by atomic mass is 10.1. The molecule has 2 aliphatic heterocycles. The lowest BCUT2D eigenvalue weighted by Crippen LogP contribution is -2.52. The number of nitrogens with zero attached hydrogens (tertiary/aromatic N) is 4. The summed E-state index contributed by atoms with van der Waals surface area (Å²) in [5.41, 5.74) is 0. The van der Waals surface area contributed by atoms with Crippen LogP contribution in [0.1, 0.15) is 25.7 Å². The Bertz CT molecular complexity index is 615. The number of halogens is 2. The molecule has 29 heavy (non-hydrogen) atoms. The first-order chi connectivity index (χ1) is 13.0. The van der Waals surface area contributed by atoms with Crippen LogP contribution in [0.5, 0.6) is 0 Å². The highest BCUT2D eigenvalue weighted by Crippen LogP contribution is 2.19. The molecule has 2 aliphatic rings. The Kier molecular flexibility index (Phi) is 11.5. The molecule has 168 valence electrons. The van der Waals surface area contributed by atoms with E-state index in [0.29, 0.717) is 19.0 Å². The van der Waals surface area contributed by atoms with Crippen LogP contribution in [-0.4, -0.2) is 90.3 Å². The summed E-state index contributed by atoms with van der Waals surface area (Å²) >= 11 is 0. The number of nitrogens with one attached hydrogen (secondary N) is 2. The zero-order chi connectivity index (χ0) is 19.2. The molecule has 1 amide bonds. The van der Waals surface area contributed by atoms with Gasteiger partial charge in [0.05, 0.1) is 25.3 Å². The predicted molar refractivity (Wildman–Crippen MR) is 119 cm³/mol. The summed E-state index contributed by atoms with van der Waals surface area (Å²) < 4.78 is 7.86. The number of morpholine rings is 1. The van der Waals surface area contributed by atoms with Gasteiger partial charge < -0.3 is 19.9 Å². The van der Waals surface area contributed by atoms with E-state index in [9.17, 15) is 4.79 Å². The minimum atomic E-state index is 0. The number of ether oxygens (including phenoxy) is 1. The van der Waals surface area contributed by atoms with E-state index in [4.69, 9.17) is 4.74 Å². The maximum Gasteiger partial charge on any atom is 0.234 e. The summed E-state index contributed by atoms with van der Waals surface area (Å²) in [4.78, 5) is 21.7. The lowest BCUT2D eigenvalue weighted by Gasteiger charge is -2.36. The standard InChI is InChI=1S/C19H34N6O2.2ClH/c1-15(2)12-24-8-9-27-16(13-24)10-22-18(26)14-25-7-4-20-11-17(25)19-21-5-6-23(19)3;;/h5-6,15-17,20H,4,7-14H2,1-3H3,(H,22,26);2*1H. The number of aromatic nitrogens is 2. The summed E-state index contributed by atoms with van der Waals surface area (Å²) in [6.45, 7) is 11.7. The van der Waals surface area contributed by atoms with Crippen molar-refractivity contribution in [1.82, 2.24) is 30.0 Å². The third-order valence-corrected chi connectivity index (χ3v) is 5.23. The van der Waals surface area contributed by atoms with Crippen molar-refractivity contribution >= 4 is 30.7 Å². The largest absolute Gasteiger partial charge is 0.374 e. The Balaban J connectivity index is 0.00000210. The molecule has 1 aromatic heterocycles. The Morgan fingerprint density at radius 1 is 1.38 bits per heavy atom. The van der Waals surface area contributed by atoms with Gasteiger partial charge in [0.25, 0.3) is 0 Å². The van der Waals surface area contributed by atoms with E-state index in [2.05, 4.69) is 39.3 Å². The summed E-state index contributed by atoms with van der Waals surface area (Å²) in [6.07, 6.45) is 3.84. The van der Waals surface area contributed by atoms with Crippen molar-refractivity contribution in [2.45, 2.75) is 26.0 Å². The maximum absolute atomic E-state index is 12.5. The molecule has 2 atom stereocenters. The number of imidazole rings is 1. The van der Waals surface area contributed by atoms with E-state index in [1.165, 1.54) is 0 Å². The van der Waals surface area contributed by atoms with Gasteiger partial charge in [-0.2, -0.15) is 0 Å². The van der Waals surface area contributed by atoms with E-state index >= 15 is 0 Å². The number of amides is 1. The van der Waals surface area contributed by atoms with Gasteiger partial charge in [0, 0.05) is 65.3 Å². The molecule has 3 heterocycles. The quantitative estimate of drug-likeness (QED) is 0.636. The number of aryl methyl sites for hydroxylation is 1. The number of carbonyl (C=O) groups excluding carboxylic acids is 1. The molecule has 10 heteroatoms. The van der Waals surface area contributed by atoms with Crippen molar-refractivity contribution in [3.05, 3.63) is 18.2 Å². The Morgan fingerprint density at radius 2 is 2.17 bits per heavy atom. The molecule has 0 aliphatic carbocycles. The van der Waals surface area contributed by atoms with Crippen LogP contribution in [0.2, 0.25) is 0 Å². The summed E-state index contributed by atoms with van der Waals surface area (Å²) in [5, 5.41) is 6.48. The van der Waals surface area contributed by atoms with Crippen molar-refractivity contribution < 1.29 is 9.53 Å². The number of piperazine rings is 1. The fraction of sp³-hybridized carbons (Fsp3) is 0.789. The van der Waals surface area contributed by atoms with Gasteiger partial charge in [0.1, 0.15) is 5.82 Å². The van der Waals surface area contributed by atoms with Gasteiger partial charge in [-0.25, -0.2) is 4.98 Å². The van der Waals surface area contributed by atoms with E-state index in [1.807, 2.05) is 24.0 Å². The van der Waals surface area contributed by atoms with Gasteiger partial charge in [0.2, 0.25) is 5.91 Å². The van der Waals surface area contributed by atoms with Crippen LogP contribution in [-0.2, 0) is 16.6 Å². The van der Waals surface area contributed by atoms with Crippen molar-refractivity contribution in [1.29, 1.82) is 0 Å². The number of rotatable bonds is 7. The van der Waals surface area contributed by atoms with Gasteiger partial charge in [0.15, 0.2) is 0 Å². The van der Waals surface area contributed by atoms with E-state index in [1.54, 1.807) is 0 Å². The first-order valence-corrected chi connectivity index (χ1v) is 10.1. The fourth-order valence-corrected chi connectivity index (χ4v) is 3.94. The second-order valence-electron chi connectivity index (χ2n) is 8.04. The minimum Gasteiger partial charge on any atom is -0.374 e. The van der Waals surface area contributed by atoms with Crippen LogP contribution in [0.4, 0.5) is 0 Å². The van der Waals surface area contributed by atoms with Crippen LogP contribution in [0.15, 0.2) is 12.4 Å². The molecule has 0 spiro atoms. The smallest absolute Gasteiger partial charge is 0.234 e. The molecule has 2 N–H and O–H groups in total. The Hall–Kier alpha value is -0.900. The van der Waals surface area contributed by atoms with Gasteiger partial charge in [-0.15, -0.1) is 24.8 Å². The highest BCUT2D eigenvalue weighted by Gasteiger charge is 2.28. The van der Waals surface area contributed by atoms with Crippen LogP contribution in [0.3, 0.4) is 0 Å². The Morgan fingerprint density at radius 3 is 2.86 bits per heavy atom. The topological polar surface area (TPSA) is 74.7 Å². The highest BCUT2D eigenvalue weighted by molar-refractivity contribution is 5.85. The summed E-state index contributed by atoms with van der Waals surface area (Å²) in [6, 6.07) is 0.122. The average Bonchev–Trinajstić information content (AvgIpc) is 3.06. The highest BCUT2D eigenvalue weighted by atomic mass is 35.5. The second-order valence-corrected chi connectivity index (χ2v) is 8.04. The van der Waals surface area contributed by atoms with Gasteiger partial charge >= 0.3 is 0 Å². The van der Waals surface area contributed by atoms with E-state index < -0.39 is 0 Å². The predicted octanol–water partition coefficient (Wildman–Crippen LogP) is 0.683. The third kappa shape index (κ3) is 7.70. The molecule has 3 rings (SSSR count). The van der Waals surface area contributed by atoms with Crippen molar-refractivity contribution in [2.75, 3.05) is 59.0 Å². The van der Waals surface area contributed by atoms with Crippen LogP contribution < -0.4 is 10.6 Å². The molecule has 0 radical (unpaired) electrons. The van der Waals surface area contributed by atoms with Crippen molar-refractivity contribution in [3.8, 4) is 0 Å². The molecular weight excluding hydrogens is 415 g/mol. The normalized spacial score (nSPS) is 23.3. The molecule has 2 fully saturated rings. The van der Waals surface area contributed by atoms with Crippen LogP contribution in [0, 0.1) is 5.92 Å². The number of carbonyl (C=O) groups is 1. The maximum atomic E-state index is 12.5. The summed E-state index contributed by atoms with van der Waals surface area (Å²) in [7, 11) is 2.00. The molecule has 8 nitrogen and oxygen atoms in total. The lowest BCUT2D eigenvalue weighted by molar-refractivity contribution is -0.124. The first-order valence-electron chi connectivity index (χ1n) is 10.1. The monoisotopic (exact) mass is 450 g/mol. The number of hydrogen-bond acceptors (Lipinski definition) is 6. The SMILES string of the molecule is CC(C)CN1CCOC(CNC(=O)CN2CCNCC2c2nccn2C)C1.Cl.Cl. The third-order valence-electron chi connectivity index (χ3n) is 5.23. The van der Waals surface area contributed by atoms with Gasteiger partial charge in [-0.1, -0.05) is 13.8 Å². The van der Waals surface area contributed by atoms with Gasteiger partial charge in [-0.3, -0.25) is 14.6 Å². The zero-order valence-electron chi connectivity index (χ0n) is 17.7. The van der Waals surface area contributed by atoms with E-state index in [0.717, 1.165) is 51.7 Å². The average molecular weight is 451 g/mol. The molecule has 0 saturated carbocycles. The van der Waals surface area contributed by atoms with E-state index in [-0.39, 0.29) is 42.9 Å². The number of hydrogen-bond donors (Lipinski definition) is 2. The molecule has 1 aromatic rings. The van der Waals surface area contributed by atoms with Crippen molar-refractivity contribution in [3.63, 3.8) is 0 Å². The molecule has 0 aromatic carbocycles. The molecular formula is C19H36Cl2N6O2. The zero-order valence-corrected chi connectivity index (χ0v) is 19.3. The first kappa shape index (κ1) is 26.1. The van der Waals surface area contributed by atoms with Crippen LogP contribution >= 0.6 is 24.8 Å². The molecule has 0 bridgehead atoms. The second kappa shape index (κ2) is 12.7. The van der Waals surface area contributed by atoms with Crippen molar-refractivity contribution in [2.24, 2.45) is 13.0 Å².